The zero-order chi connectivity index (χ0) is 14.2. The molecule has 0 aromatic carbocycles. The number of rotatable bonds is 9. The maximum Gasteiger partial charge on any atom is 0.329 e. The second kappa shape index (κ2) is 8.08. The van der Waals surface area contributed by atoms with Crippen LogP contribution in [0.25, 0.3) is 0 Å². The molecule has 0 aromatic rings. The van der Waals surface area contributed by atoms with E-state index in [-0.39, 0.29) is 0 Å². The van der Waals surface area contributed by atoms with Crippen LogP contribution >= 0.6 is 0 Å². The molecule has 0 heterocycles. The highest BCUT2D eigenvalue weighted by atomic mass is 16.5. The maximum absolute atomic E-state index is 11.7. The molecule has 5 nitrogen and oxygen atoms in total. The number of carboxylic acids is 1. The smallest absolute Gasteiger partial charge is 0.329 e. The minimum atomic E-state index is -1.21. The highest BCUT2D eigenvalue weighted by molar-refractivity contribution is 5.88. The van der Waals surface area contributed by atoms with Gasteiger partial charge in [0.05, 0.1) is 0 Å². The molecule has 0 unspecified atom stereocenters. The van der Waals surface area contributed by atoms with Gasteiger partial charge in [0.1, 0.15) is 11.6 Å². The van der Waals surface area contributed by atoms with E-state index < -0.39 is 23.5 Å². The van der Waals surface area contributed by atoms with Crippen LogP contribution in [0, 0.1) is 0 Å². The zero-order valence-electron chi connectivity index (χ0n) is 11.8. The Labute approximate surface area is 109 Å². The van der Waals surface area contributed by atoms with Crippen molar-refractivity contribution in [3.8, 4) is 0 Å². The van der Waals surface area contributed by atoms with Crippen LogP contribution < -0.4 is 5.32 Å². The van der Waals surface area contributed by atoms with Gasteiger partial charge in [-0.3, -0.25) is 4.79 Å². The molecule has 0 aliphatic heterocycles. The third kappa shape index (κ3) is 5.49. The Morgan fingerprint density at radius 3 is 2.39 bits per heavy atom. The van der Waals surface area contributed by atoms with E-state index >= 15 is 0 Å². The SMILES string of the molecule is CCCCCC[C@@](C)(NC(=O)[C@@H](C)OC)C(=O)O. The Bertz CT molecular complexity index is 280. The molecule has 0 fully saturated rings. The zero-order valence-corrected chi connectivity index (χ0v) is 11.8. The predicted octanol–water partition coefficient (Wildman–Crippen LogP) is 1.95. The summed E-state index contributed by atoms with van der Waals surface area (Å²) in [6.45, 7) is 5.23. The number of carbonyl (C=O) groups is 2. The number of ether oxygens (including phenoxy) is 1. The minimum absolute atomic E-state index is 0.391. The molecule has 0 saturated heterocycles. The molecule has 0 bridgehead atoms. The van der Waals surface area contributed by atoms with Crippen molar-refractivity contribution in [1.82, 2.24) is 5.32 Å². The Morgan fingerprint density at radius 2 is 1.94 bits per heavy atom. The molecule has 5 heteroatoms. The first kappa shape index (κ1) is 16.9. The Kier molecular flexibility index (Phi) is 7.59. The summed E-state index contributed by atoms with van der Waals surface area (Å²) in [5, 5.41) is 11.8. The van der Waals surface area contributed by atoms with Crippen LogP contribution in [0.1, 0.15) is 52.9 Å². The lowest BCUT2D eigenvalue weighted by atomic mass is 9.93. The number of nitrogens with one attached hydrogen (secondary N) is 1. The monoisotopic (exact) mass is 259 g/mol. The maximum atomic E-state index is 11.7. The van der Waals surface area contributed by atoms with Crippen LogP contribution in [0.4, 0.5) is 0 Å². The van der Waals surface area contributed by atoms with Gasteiger partial charge in [0.2, 0.25) is 5.91 Å². The van der Waals surface area contributed by atoms with Crippen molar-refractivity contribution in [2.45, 2.75) is 64.5 Å². The van der Waals surface area contributed by atoms with Gasteiger partial charge < -0.3 is 15.2 Å². The highest BCUT2D eigenvalue weighted by Gasteiger charge is 2.35. The summed E-state index contributed by atoms with van der Waals surface area (Å²) in [6.07, 6.45) is 3.74. The molecule has 2 atom stereocenters. The third-order valence-corrected chi connectivity index (χ3v) is 3.12. The van der Waals surface area contributed by atoms with E-state index in [2.05, 4.69) is 12.2 Å². The summed E-state index contributed by atoms with van der Waals surface area (Å²) < 4.78 is 4.88. The van der Waals surface area contributed by atoms with E-state index in [1.165, 1.54) is 7.11 Å². The summed E-state index contributed by atoms with van der Waals surface area (Å²) in [5.74, 6) is -1.39. The van der Waals surface area contributed by atoms with E-state index in [0.717, 1.165) is 25.7 Å². The van der Waals surface area contributed by atoms with Gasteiger partial charge in [0.15, 0.2) is 0 Å². The average Bonchev–Trinajstić information content (AvgIpc) is 2.33. The van der Waals surface area contributed by atoms with Crippen molar-refractivity contribution >= 4 is 11.9 Å². The number of unbranched alkanes of at least 4 members (excludes halogenated alkanes) is 3. The van der Waals surface area contributed by atoms with Crippen LogP contribution in [0.15, 0.2) is 0 Å². The fraction of sp³-hybridized carbons (Fsp3) is 0.846. The third-order valence-electron chi connectivity index (χ3n) is 3.12. The Balaban J connectivity index is 4.43. The van der Waals surface area contributed by atoms with Gasteiger partial charge in [-0.25, -0.2) is 4.79 Å². The molecule has 0 rings (SSSR count). The van der Waals surface area contributed by atoms with Gasteiger partial charge in [0.25, 0.3) is 0 Å². The number of aliphatic carboxylic acids is 1. The summed E-state index contributed by atoms with van der Waals surface area (Å²) >= 11 is 0. The molecule has 0 spiro atoms. The first-order valence-corrected chi connectivity index (χ1v) is 6.45. The quantitative estimate of drug-likeness (QED) is 0.621. The normalized spacial score (nSPS) is 15.8. The lowest BCUT2D eigenvalue weighted by molar-refractivity contribution is -0.149. The molecular formula is C13H25NO4. The van der Waals surface area contributed by atoms with Crippen molar-refractivity contribution in [2.75, 3.05) is 7.11 Å². The highest BCUT2D eigenvalue weighted by Crippen LogP contribution is 2.16. The number of carboxylic acid groups (broad SMARTS) is 1. The van der Waals surface area contributed by atoms with Crippen molar-refractivity contribution in [2.24, 2.45) is 0 Å². The minimum Gasteiger partial charge on any atom is -0.480 e. The second-order valence-corrected chi connectivity index (χ2v) is 4.82. The van der Waals surface area contributed by atoms with E-state index in [1.807, 2.05) is 0 Å². The predicted molar refractivity (Wildman–Crippen MR) is 69.4 cm³/mol. The molecule has 1 amide bonds. The van der Waals surface area contributed by atoms with Crippen LogP contribution in [0.2, 0.25) is 0 Å². The number of amides is 1. The van der Waals surface area contributed by atoms with Crippen LogP contribution in [-0.2, 0) is 14.3 Å². The molecule has 18 heavy (non-hydrogen) atoms. The van der Waals surface area contributed by atoms with Crippen LogP contribution in [0.5, 0.6) is 0 Å². The van der Waals surface area contributed by atoms with Gasteiger partial charge in [-0.15, -0.1) is 0 Å². The lowest BCUT2D eigenvalue weighted by Gasteiger charge is -2.27. The second-order valence-electron chi connectivity index (χ2n) is 4.82. The summed E-state index contributed by atoms with van der Waals surface area (Å²) in [4.78, 5) is 23.0. The van der Waals surface area contributed by atoms with E-state index in [0.29, 0.717) is 6.42 Å². The van der Waals surface area contributed by atoms with Gasteiger partial charge in [-0.2, -0.15) is 0 Å². The molecule has 0 aromatic heterocycles. The standard InChI is InChI=1S/C13H25NO4/c1-5-6-7-8-9-13(3,12(16)17)14-11(15)10(2)18-4/h10H,5-9H2,1-4H3,(H,14,15)(H,16,17)/t10-,13-/m1/s1. The molecule has 2 N–H and O–H groups in total. The number of hydrogen-bond donors (Lipinski definition) is 2. The van der Waals surface area contributed by atoms with Gasteiger partial charge in [0, 0.05) is 7.11 Å². The number of carbonyl (C=O) groups excluding carboxylic acids is 1. The molecule has 0 saturated carbocycles. The molecule has 0 aliphatic rings. The largest absolute Gasteiger partial charge is 0.480 e. The molecule has 106 valence electrons. The van der Waals surface area contributed by atoms with Crippen LogP contribution in [0.3, 0.4) is 0 Å². The number of hydrogen-bond acceptors (Lipinski definition) is 3. The summed E-state index contributed by atoms with van der Waals surface area (Å²) in [6, 6.07) is 0. The lowest BCUT2D eigenvalue weighted by Crippen LogP contribution is -2.54. The fourth-order valence-corrected chi connectivity index (χ4v) is 1.61. The van der Waals surface area contributed by atoms with Crippen molar-refractivity contribution < 1.29 is 19.4 Å². The van der Waals surface area contributed by atoms with E-state index in [9.17, 15) is 14.7 Å². The van der Waals surface area contributed by atoms with Crippen molar-refractivity contribution in [1.29, 1.82) is 0 Å². The Morgan fingerprint density at radius 1 is 1.33 bits per heavy atom. The molecule has 0 radical (unpaired) electrons. The first-order valence-electron chi connectivity index (χ1n) is 6.45. The van der Waals surface area contributed by atoms with Crippen molar-refractivity contribution in [3.05, 3.63) is 0 Å². The summed E-state index contributed by atoms with van der Waals surface area (Å²) in [5.41, 5.74) is -1.21. The number of methoxy groups -OCH3 is 1. The van der Waals surface area contributed by atoms with Gasteiger partial charge >= 0.3 is 5.97 Å². The molecule has 0 aliphatic carbocycles. The van der Waals surface area contributed by atoms with E-state index in [4.69, 9.17) is 4.74 Å². The van der Waals surface area contributed by atoms with Gasteiger partial charge in [-0.1, -0.05) is 32.6 Å². The Hall–Kier alpha value is -1.10. The average molecular weight is 259 g/mol. The van der Waals surface area contributed by atoms with E-state index in [1.54, 1.807) is 13.8 Å². The first-order chi connectivity index (χ1) is 8.37. The van der Waals surface area contributed by atoms with Gasteiger partial charge in [-0.05, 0) is 20.3 Å². The molecular weight excluding hydrogens is 234 g/mol. The fourth-order valence-electron chi connectivity index (χ4n) is 1.61. The van der Waals surface area contributed by atoms with Crippen LogP contribution in [-0.4, -0.2) is 35.7 Å². The van der Waals surface area contributed by atoms with Crippen molar-refractivity contribution in [3.63, 3.8) is 0 Å². The summed E-state index contributed by atoms with van der Waals surface area (Å²) in [7, 11) is 1.42. The topological polar surface area (TPSA) is 75.6 Å².